The number of amides is 2. The molecule has 1 heterocycles. The highest BCUT2D eigenvalue weighted by atomic mass is 16.2. The Bertz CT molecular complexity index is 1070. The zero-order valence-electron chi connectivity index (χ0n) is 22.4. The Morgan fingerprint density at radius 2 is 1.71 bits per heavy atom. The van der Waals surface area contributed by atoms with Crippen molar-refractivity contribution in [1.29, 1.82) is 0 Å². The molecule has 35 heavy (non-hydrogen) atoms. The summed E-state index contributed by atoms with van der Waals surface area (Å²) < 4.78 is 0. The maximum Gasteiger partial charge on any atom is 0.326 e. The molecule has 0 bridgehead atoms. The molecule has 5 rings (SSSR count). The quantitative estimate of drug-likeness (QED) is 0.489. The van der Waals surface area contributed by atoms with Gasteiger partial charge in [-0.2, -0.15) is 0 Å². The molecule has 1 aromatic carbocycles. The number of benzene rings is 1. The number of para-hydroxylation sites is 1. The number of rotatable bonds is 3. The fourth-order valence-electron chi connectivity index (χ4n) is 8.01. The van der Waals surface area contributed by atoms with Crippen LogP contribution in [0, 0.1) is 28.6 Å². The third-order valence-corrected chi connectivity index (χ3v) is 9.95. The van der Waals surface area contributed by atoms with Crippen LogP contribution in [0.25, 0.3) is 0 Å². The summed E-state index contributed by atoms with van der Waals surface area (Å²) in [4.78, 5) is 28.6. The summed E-state index contributed by atoms with van der Waals surface area (Å²) in [5.41, 5.74) is 4.27. The number of hydrogen-bond acceptors (Lipinski definition) is 2. The summed E-state index contributed by atoms with van der Waals surface area (Å²) in [6.07, 6.45) is 11.9. The van der Waals surface area contributed by atoms with E-state index in [4.69, 9.17) is 0 Å². The monoisotopic (exact) mass is 474 g/mol. The van der Waals surface area contributed by atoms with E-state index in [1.54, 1.807) is 12.2 Å². The molecular formula is C31H42N2O2. The minimum Gasteiger partial charge on any atom is -0.307 e. The first-order valence-corrected chi connectivity index (χ1v) is 13.7. The summed E-state index contributed by atoms with van der Waals surface area (Å²) >= 11 is 0. The van der Waals surface area contributed by atoms with Gasteiger partial charge in [0.15, 0.2) is 5.78 Å². The van der Waals surface area contributed by atoms with Crippen LogP contribution in [0.4, 0.5) is 10.5 Å². The predicted octanol–water partition coefficient (Wildman–Crippen LogP) is 7.64. The molecule has 3 aliphatic carbocycles. The molecule has 0 aromatic heterocycles. The number of anilines is 1. The van der Waals surface area contributed by atoms with Crippen LogP contribution in [0.2, 0.25) is 0 Å². The van der Waals surface area contributed by atoms with E-state index in [0.717, 1.165) is 22.5 Å². The topological polar surface area (TPSA) is 49.4 Å². The Morgan fingerprint density at radius 3 is 2.37 bits per heavy atom. The summed E-state index contributed by atoms with van der Waals surface area (Å²) in [6, 6.07) is 6.25. The molecule has 2 amide bonds. The van der Waals surface area contributed by atoms with Gasteiger partial charge in [0.1, 0.15) is 0 Å². The molecule has 1 N–H and O–H groups in total. The van der Waals surface area contributed by atoms with Gasteiger partial charge in [0.25, 0.3) is 0 Å². The van der Waals surface area contributed by atoms with Crippen LogP contribution in [-0.4, -0.2) is 23.3 Å². The fourth-order valence-corrected chi connectivity index (χ4v) is 8.01. The number of carbonyl (C=O) groups excluding carboxylic acids is 2. The Morgan fingerprint density at radius 1 is 1.03 bits per heavy atom. The molecule has 5 atom stereocenters. The van der Waals surface area contributed by atoms with Crippen molar-refractivity contribution in [2.45, 2.75) is 85.5 Å². The van der Waals surface area contributed by atoms with Crippen LogP contribution in [0.1, 0.15) is 96.6 Å². The Balaban J connectivity index is 1.54. The Hall–Kier alpha value is -2.36. The minimum atomic E-state index is -0.281. The summed E-state index contributed by atoms with van der Waals surface area (Å²) in [5, 5.41) is 3.35. The third kappa shape index (κ3) is 3.88. The van der Waals surface area contributed by atoms with Crippen LogP contribution >= 0.6 is 0 Å². The molecular weight excluding hydrogens is 432 g/mol. The molecule has 188 valence electrons. The number of carbonyl (C=O) groups is 2. The number of fused-ring (bicyclic) bond motifs is 5. The van der Waals surface area contributed by atoms with Crippen molar-refractivity contribution in [1.82, 2.24) is 4.90 Å². The molecule has 4 heteroatoms. The minimum absolute atomic E-state index is 0.0133. The zero-order valence-corrected chi connectivity index (χ0v) is 22.4. The van der Waals surface area contributed by atoms with E-state index < -0.39 is 0 Å². The largest absolute Gasteiger partial charge is 0.326 e. The number of nitrogens with one attached hydrogen (secondary N) is 1. The third-order valence-electron chi connectivity index (χ3n) is 9.95. The Labute approximate surface area is 211 Å². The lowest BCUT2D eigenvalue weighted by molar-refractivity contribution is -0.111. The molecule has 0 spiro atoms. The number of urea groups is 1. The van der Waals surface area contributed by atoms with E-state index >= 15 is 0 Å². The van der Waals surface area contributed by atoms with Gasteiger partial charge in [-0.15, -0.1) is 0 Å². The lowest BCUT2D eigenvalue weighted by Gasteiger charge is -2.58. The standard InChI is InChI=1S/C31H42N2O2/c1-19(2)22-9-7-10-23(20(3)4)28(22)32-29(35)33-18-24-25-11-8-14-30(25,5)15-13-26(24)31(6)16-12-21(34)17-27(31)33/h7,9-10,12,16-17,19-20,24-26H,8,11,13-15,18H2,1-6H3,(H,32,35)/t24-,25-,26-,30-,31+/m0/s1. The van der Waals surface area contributed by atoms with Crippen molar-refractivity contribution < 1.29 is 9.59 Å². The summed E-state index contributed by atoms with van der Waals surface area (Å²) in [6.45, 7) is 14.1. The Kier molecular flexibility index (Phi) is 6.01. The van der Waals surface area contributed by atoms with Crippen LogP contribution in [0.15, 0.2) is 42.1 Å². The predicted molar refractivity (Wildman–Crippen MR) is 142 cm³/mol. The van der Waals surface area contributed by atoms with Gasteiger partial charge in [-0.1, -0.05) is 72.2 Å². The number of likely N-dealkylation sites (tertiary alicyclic amines) is 1. The number of nitrogens with zero attached hydrogens (tertiary/aromatic N) is 1. The molecule has 3 fully saturated rings. The molecule has 0 radical (unpaired) electrons. The highest BCUT2D eigenvalue weighted by Gasteiger charge is 2.58. The molecule has 1 aromatic rings. The van der Waals surface area contributed by atoms with Gasteiger partial charge < -0.3 is 5.32 Å². The molecule has 2 saturated carbocycles. The molecule has 0 unspecified atom stereocenters. The van der Waals surface area contributed by atoms with Crippen LogP contribution < -0.4 is 5.32 Å². The van der Waals surface area contributed by atoms with E-state index in [-0.39, 0.29) is 17.2 Å². The molecule has 1 aliphatic heterocycles. The second kappa shape index (κ2) is 8.64. The summed E-state index contributed by atoms with van der Waals surface area (Å²) in [5.74, 6) is 2.18. The second-order valence-corrected chi connectivity index (χ2v) is 12.7. The van der Waals surface area contributed by atoms with E-state index in [1.807, 2.05) is 4.90 Å². The summed E-state index contributed by atoms with van der Waals surface area (Å²) in [7, 11) is 0. The first-order chi connectivity index (χ1) is 16.5. The smallest absolute Gasteiger partial charge is 0.307 e. The van der Waals surface area contributed by atoms with E-state index in [9.17, 15) is 9.59 Å². The first-order valence-electron chi connectivity index (χ1n) is 13.7. The van der Waals surface area contributed by atoms with Crippen molar-refractivity contribution in [2.24, 2.45) is 28.6 Å². The van der Waals surface area contributed by atoms with Gasteiger partial charge in [-0.05, 0) is 77.9 Å². The average molecular weight is 475 g/mol. The van der Waals surface area contributed by atoms with Crippen molar-refractivity contribution in [2.75, 3.05) is 11.9 Å². The van der Waals surface area contributed by atoms with Gasteiger partial charge in [0.2, 0.25) is 0 Å². The van der Waals surface area contributed by atoms with Gasteiger partial charge in [-0.25, -0.2) is 4.79 Å². The van der Waals surface area contributed by atoms with Crippen molar-refractivity contribution in [3.8, 4) is 0 Å². The van der Waals surface area contributed by atoms with Crippen molar-refractivity contribution in [3.63, 3.8) is 0 Å². The maximum atomic E-state index is 14.1. The fraction of sp³-hybridized carbons (Fsp3) is 0.613. The normalized spacial score (nSPS) is 33.9. The SMILES string of the molecule is CC(C)c1cccc(C(C)C)c1NC(=O)N1C[C@H]2[C@@H]3CCC[C@@]3(C)CC[C@@H]2[C@@]2(C)C=CC(=O)C=C12. The molecule has 4 aliphatic rings. The van der Waals surface area contributed by atoms with Crippen molar-refractivity contribution >= 4 is 17.5 Å². The maximum absolute atomic E-state index is 14.1. The lowest BCUT2D eigenvalue weighted by atomic mass is 9.51. The number of piperidine rings is 1. The number of ketones is 1. The van der Waals surface area contributed by atoms with Crippen LogP contribution in [-0.2, 0) is 4.79 Å². The van der Waals surface area contributed by atoms with E-state index in [2.05, 4.69) is 71.1 Å². The van der Waals surface area contributed by atoms with Crippen LogP contribution in [0.5, 0.6) is 0 Å². The number of hydrogen-bond donors (Lipinski definition) is 1. The second-order valence-electron chi connectivity index (χ2n) is 12.7. The van der Waals surface area contributed by atoms with E-state index in [0.29, 0.717) is 41.5 Å². The molecule has 1 saturated heterocycles. The number of allylic oxidation sites excluding steroid dienone is 3. The van der Waals surface area contributed by atoms with Crippen LogP contribution in [0.3, 0.4) is 0 Å². The highest BCUT2D eigenvalue weighted by Crippen LogP contribution is 2.63. The van der Waals surface area contributed by atoms with Gasteiger partial charge in [0.05, 0.1) is 0 Å². The highest BCUT2D eigenvalue weighted by molar-refractivity contribution is 6.02. The van der Waals surface area contributed by atoms with Gasteiger partial charge >= 0.3 is 6.03 Å². The zero-order chi connectivity index (χ0) is 25.1. The van der Waals surface area contributed by atoms with Gasteiger partial charge in [0, 0.05) is 29.4 Å². The lowest BCUT2D eigenvalue weighted by Crippen LogP contribution is -2.58. The first kappa shape index (κ1) is 24.3. The van der Waals surface area contributed by atoms with Crippen molar-refractivity contribution in [3.05, 3.63) is 53.3 Å². The van der Waals surface area contributed by atoms with E-state index in [1.165, 1.54) is 32.1 Å². The average Bonchev–Trinajstić information content (AvgIpc) is 3.21. The molecule has 4 nitrogen and oxygen atoms in total. The van der Waals surface area contributed by atoms with Gasteiger partial charge in [-0.3, -0.25) is 9.69 Å².